The Balaban J connectivity index is 1.96. The Bertz CT molecular complexity index is 530. The Morgan fingerprint density at radius 1 is 1.38 bits per heavy atom. The number of carbonyl (C=O) groups excluding carboxylic acids is 1. The van der Waals surface area contributed by atoms with Gasteiger partial charge in [-0.25, -0.2) is 0 Å². The Kier molecular flexibility index (Phi) is 4.27. The van der Waals surface area contributed by atoms with Gasteiger partial charge in [-0.3, -0.25) is 9.48 Å². The molecule has 2 heterocycles. The summed E-state index contributed by atoms with van der Waals surface area (Å²) in [6.07, 6.45) is -3.95. The minimum atomic E-state index is -4.23. The van der Waals surface area contributed by atoms with E-state index in [1.165, 1.54) is 0 Å². The molecule has 0 bridgehead atoms. The fraction of sp³-hybridized carbons (Fsp3) is 0.692. The third kappa shape index (κ3) is 3.37. The molecule has 21 heavy (non-hydrogen) atoms. The van der Waals surface area contributed by atoms with Gasteiger partial charge in [-0.05, 0) is 26.7 Å². The molecule has 1 aliphatic heterocycles. The highest BCUT2D eigenvalue weighted by molar-refractivity contribution is 5.96. The molecular formula is C13H19F3N4O. The predicted molar refractivity (Wildman–Crippen MR) is 71.0 cm³/mol. The smallest absolute Gasteiger partial charge is 0.348 e. The number of alkyl halides is 3. The van der Waals surface area contributed by atoms with Crippen LogP contribution in [0.15, 0.2) is 0 Å². The summed E-state index contributed by atoms with van der Waals surface area (Å²) in [7, 11) is 1.75. The van der Waals surface area contributed by atoms with Crippen LogP contribution in [0.2, 0.25) is 0 Å². The van der Waals surface area contributed by atoms with E-state index < -0.39 is 12.2 Å². The molecule has 118 valence electrons. The van der Waals surface area contributed by atoms with Crippen molar-refractivity contribution < 1.29 is 18.0 Å². The first-order valence-electron chi connectivity index (χ1n) is 6.81. The van der Waals surface area contributed by atoms with Gasteiger partial charge in [-0.1, -0.05) is 0 Å². The van der Waals surface area contributed by atoms with Crippen molar-refractivity contribution in [3.8, 4) is 0 Å². The summed E-state index contributed by atoms with van der Waals surface area (Å²) in [6.45, 7) is 3.64. The fourth-order valence-corrected chi connectivity index (χ4v) is 2.62. The summed E-state index contributed by atoms with van der Waals surface area (Å²) in [5, 5.41) is 9.38. The molecule has 0 radical (unpaired) electrons. The second-order valence-corrected chi connectivity index (χ2v) is 5.42. The summed E-state index contributed by atoms with van der Waals surface area (Å²) in [4.78, 5) is 12.2. The molecule has 0 saturated carbocycles. The normalized spacial score (nSPS) is 23.1. The lowest BCUT2D eigenvalue weighted by Gasteiger charge is -2.31. The van der Waals surface area contributed by atoms with Gasteiger partial charge in [0.05, 0.1) is 11.3 Å². The standard InChI is InChI=1S/C13H19F3N4O/c1-7-11(8(2)20(3)19-7)12(21)18-9-4-5-10(17-6-9)13(14,15)16/h9-10,17H,4-6H2,1-3H3,(H,18,21). The highest BCUT2D eigenvalue weighted by Gasteiger charge is 2.41. The molecule has 2 N–H and O–H groups in total. The van der Waals surface area contributed by atoms with E-state index in [1.807, 2.05) is 0 Å². The van der Waals surface area contributed by atoms with E-state index in [-0.39, 0.29) is 24.9 Å². The minimum Gasteiger partial charge on any atom is -0.348 e. The van der Waals surface area contributed by atoms with Crippen molar-refractivity contribution in [3.05, 3.63) is 17.0 Å². The number of amides is 1. The van der Waals surface area contributed by atoms with Crippen molar-refractivity contribution >= 4 is 5.91 Å². The van der Waals surface area contributed by atoms with Crippen LogP contribution in [0, 0.1) is 13.8 Å². The Morgan fingerprint density at radius 2 is 2.05 bits per heavy atom. The number of carbonyl (C=O) groups is 1. The average Bonchev–Trinajstić information content (AvgIpc) is 2.62. The number of hydrogen-bond acceptors (Lipinski definition) is 3. The van der Waals surface area contributed by atoms with Crippen LogP contribution >= 0.6 is 0 Å². The molecule has 2 rings (SSSR count). The molecule has 0 aliphatic carbocycles. The van der Waals surface area contributed by atoms with Crippen LogP contribution in [0.1, 0.15) is 34.6 Å². The molecule has 1 aromatic rings. The van der Waals surface area contributed by atoms with Crippen molar-refractivity contribution in [2.24, 2.45) is 7.05 Å². The van der Waals surface area contributed by atoms with Crippen LogP contribution in [0.3, 0.4) is 0 Å². The van der Waals surface area contributed by atoms with Gasteiger partial charge in [0, 0.05) is 25.3 Å². The van der Waals surface area contributed by atoms with Gasteiger partial charge in [0.2, 0.25) is 0 Å². The number of nitrogens with one attached hydrogen (secondary N) is 2. The Morgan fingerprint density at radius 3 is 2.48 bits per heavy atom. The molecule has 1 saturated heterocycles. The molecule has 5 nitrogen and oxygen atoms in total. The summed E-state index contributed by atoms with van der Waals surface area (Å²) < 4.78 is 39.2. The summed E-state index contributed by atoms with van der Waals surface area (Å²) in [6, 6.07) is -1.78. The molecule has 8 heteroatoms. The Hall–Kier alpha value is -1.57. The lowest BCUT2D eigenvalue weighted by atomic mass is 10.00. The van der Waals surface area contributed by atoms with Gasteiger partial charge in [0.15, 0.2) is 0 Å². The van der Waals surface area contributed by atoms with Crippen LogP contribution in [0.5, 0.6) is 0 Å². The highest BCUT2D eigenvalue weighted by atomic mass is 19.4. The Labute approximate surface area is 120 Å². The maximum absolute atomic E-state index is 12.5. The van der Waals surface area contributed by atoms with Gasteiger partial charge < -0.3 is 10.6 Å². The predicted octanol–water partition coefficient (Wildman–Crippen LogP) is 1.45. The summed E-state index contributed by atoms with van der Waals surface area (Å²) >= 11 is 0. The summed E-state index contributed by atoms with van der Waals surface area (Å²) in [5.74, 6) is -0.282. The average molecular weight is 304 g/mol. The van der Waals surface area contributed by atoms with E-state index >= 15 is 0 Å². The number of piperidine rings is 1. The van der Waals surface area contributed by atoms with E-state index in [0.29, 0.717) is 17.7 Å². The first-order valence-corrected chi connectivity index (χ1v) is 6.81. The molecule has 2 unspecified atom stereocenters. The quantitative estimate of drug-likeness (QED) is 0.869. The van der Waals surface area contributed by atoms with Crippen LogP contribution in [0.25, 0.3) is 0 Å². The molecule has 1 aliphatic rings. The van der Waals surface area contributed by atoms with Crippen LogP contribution < -0.4 is 10.6 Å². The number of hydrogen-bond donors (Lipinski definition) is 2. The van der Waals surface area contributed by atoms with Crippen LogP contribution in [-0.2, 0) is 7.05 Å². The third-order valence-corrected chi connectivity index (χ3v) is 3.88. The van der Waals surface area contributed by atoms with Crippen molar-refractivity contribution in [1.29, 1.82) is 0 Å². The molecule has 2 atom stereocenters. The van der Waals surface area contributed by atoms with Gasteiger partial charge in [-0.2, -0.15) is 18.3 Å². The molecule has 1 amide bonds. The third-order valence-electron chi connectivity index (χ3n) is 3.88. The maximum atomic E-state index is 12.5. The summed E-state index contributed by atoms with van der Waals surface area (Å²) in [5.41, 5.74) is 1.85. The van der Waals surface area contributed by atoms with Gasteiger partial charge in [-0.15, -0.1) is 0 Å². The maximum Gasteiger partial charge on any atom is 0.403 e. The minimum absolute atomic E-state index is 0.0283. The van der Waals surface area contributed by atoms with Gasteiger partial charge in [0.25, 0.3) is 5.91 Å². The number of aryl methyl sites for hydroxylation is 2. The first-order chi connectivity index (χ1) is 9.70. The van der Waals surface area contributed by atoms with Crippen molar-refractivity contribution in [1.82, 2.24) is 20.4 Å². The topological polar surface area (TPSA) is 59.0 Å². The van der Waals surface area contributed by atoms with Crippen LogP contribution in [-0.4, -0.2) is 40.5 Å². The van der Waals surface area contributed by atoms with Crippen molar-refractivity contribution in [3.63, 3.8) is 0 Å². The van der Waals surface area contributed by atoms with E-state index in [4.69, 9.17) is 0 Å². The molecular weight excluding hydrogens is 285 g/mol. The number of aromatic nitrogens is 2. The monoisotopic (exact) mass is 304 g/mol. The lowest BCUT2D eigenvalue weighted by Crippen LogP contribution is -2.54. The van der Waals surface area contributed by atoms with E-state index in [9.17, 15) is 18.0 Å². The lowest BCUT2D eigenvalue weighted by molar-refractivity contribution is -0.160. The van der Waals surface area contributed by atoms with Gasteiger partial charge >= 0.3 is 6.18 Å². The van der Waals surface area contributed by atoms with Crippen molar-refractivity contribution in [2.75, 3.05) is 6.54 Å². The molecule has 1 aromatic heterocycles. The van der Waals surface area contributed by atoms with Crippen LogP contribution in [0.4, 0.5) is 13.2 Å². The first kappa shape index (κ1) is 15.8. The number of rotatable bonds is 2. The molecule has 0 spiro atoms. The number of nitrogens with zero attached hydrogens (tertiary/aromatic N) is 2. The largest absolute Gasteiger partial charge is 0.403 e. The van der Waals surface area contributed by atoms with E-state index in [0.717, 1.165) is 5.69 Å². The second kappa shape index (κ2) is 5.67. The fourth-order valence-electron chi connectivity index (χ4n) is 2.62. The molecule has 1 fully saturated rings. The zero-order valence-corrected chi connectivity index (χ0v) is 12.2. The number of halogens is 3. The zero-order valence-electron chi connectivity index (χ0n) is 12.2. The van der Waals surface area contributed by atoms with Crippen molar-refractivity contribution in [2.45, 2.75) is 44.9 Å². The second-order valence-electron chi connectivity index (χ2n) is 5.42. The van der Waals surface area contributed by atoms with Gasteiger partial charge in [0.1, 0.15) is 6.04 Å². The zero-order chi connectivity index (χ0) is 15.8. The van der Waals surface area contributed by atoms with E-state index in [1.54, 1.807) is 25.6 Å². The van der Waals surface area contributed by atoms with E-state index in [2.05, 4.69) is 15.7 Å². The SMILES string of the molecule is Cc1nn(C)c(C)c1C(=O)NC1CCC(C(F)(F)F)NC1. The molecule has 0 aromatic carbocycles. The highest BCUT2D eigenvalue weighted by Crippen LogP contribution is 2.26.